The highest BCUT2D eigenvalue weighted by atomic mass is 16.6. The molecule has 27 heavy (non-hydrogen) atoms. The first kappa shape index (κ1) is 17.3. The summed E-state index contributed by atoms with van der Waals surface area (Å²) in [6.45, 7) is 6.80. The Labute approximate surface area is 159 Å². The number of benzene rings is 2. The standard InChI is InChI=1S/C22H23NO4/c1-3-4-18(26-16-7-5-15(23)6-8-16)20-14(2)13-19(27-17-9-10-17)21-22(20)25-12-11-24-21/h3-8,13,17H,1,9-12,23H2,2H3/b18-4+. The maximum atomic E-state index is 6.13. The molecule has 2 N–H and O–H groups in total. The van der Waals surface area contributed by atoms with E-state index in [1.807, 2.05) is 31.2 Å². The molecule has 5 nitrogen and oxygen atoms in total. The third-order valence-electron chi connectivity index (χ3n) is 4.42. The van der Waals surface area contributed by atoms with E-state index in [4.69, 9.17) is 24.7 Å². The predicted molar refractivity (Wildman–Crippen MR) is 105 cm³/mol. The van der Waals surface area contributed by atoms with Crippen molar-refractivity contribution < 1.29 is 18.9 Å². The number of fused-ring (bicyclic) bond motifs is 1. The van der Waals surface area contributed by atoms with E-state index < -0.39 is 0 Å². The van der Waals surface area contributed by atoms with E-state index in [1.54, 1.807) is 18.2 Å². The van der Waals surface area contributed by atoms with E-state index in [1.165, 1.54) is 0 Å². The van der Waals surface area contributed by atoms with E-state index in [9.17, 15) is 0 Å². The molecule has 2 aromatic carbocycles. The minimum atomic E-state index is 0.277. The summed E-state index contributed by atoms with van der Waals surface area (Å²) in [5.41, 5.74) is 8.27. The van der Waals surface area contributed by atoms with E-state index in [0.717, 1.165) is 29.7 Å². The molecule has 0 aromatic heterocycles. The third kappa shape index (κ3) is 3.72. The Balaban J connectivity index is 1.76. The van der Waals surface area contributed by atoms with Crippen LogP contribution in [0.25, 0.3) is 5.76 Å². The Bertz CT molecular complexity index is 882. The molecule has 1 fully saturated rings. The normalized spacial score (nSPS) is 16.0. The van der Waals surface area contributed by atoms with Gasteiger partial charge in [0.25, 0.3) is 0 Å². The maximum absolute atomic E-state index is 6.13. The fourth-order valence-corrected chi connectivity index (χ4v) is 3.00. The van der Waals surface area contributed by atoms with Crippen molar-refractivity contribution in [2.24, 2.45) is 0 Å². The van der Waals surface area contributed by atoms with Gasteiger partial charge < -0.3 is 24.7 Å². The first-order chi connectivity index (χ1) is 13.2. The first-order valence-corrected chi connectivity index (χ1v) is 9.12. The average Bonchev–Trinajstić information content (AvgIpc) is 3.48. The molecule has 0 radical (unpaired) electrons. The van der Waals surface area contributed by atoms with Crippen molar-refractivity contribution >= 4 is 11.4 Å². The van der Waals surface area contributed by atoms with Gasteiger partial charge in [-0.3, -0.25) is 0 Å². The van der Waals surface area contributed by atoms with Crippen LogP contribution in [-0.4, -0.2) is 19.3 Å². The van der Waals surface area contributed by atoms with Gasteiger partial charge >= 0.3 is 0 Å². The Kier molecular flexibility index (Phi) is 4.67. The topological polar surface area (TPSA) is 62.9 Å². The van der Waals surface area contributed by atoms with Crippen LogP contribution in [0.1, 0.15) is 24.0 Å². The quantitative estimate of drug-likeness (QED) is 0.464. The minimum absolute atomic E-state index is 0.277. The van der Waals surface area contributed by atoms with Gasteiger partial charge in [-0.15, -0.1) is 0 Å². The SMILES string of the molecule is C=C/C=C(/Oc1ccc(N)cc1)c1c(C)cc(OC2CC2)c2c1OCCO2. The van der Waals surface area contributed by atoms with Crippen molar-refractivity contribution in [3.05, 3.63) is 60.2 Å². The lowest BCUT2D eigenvalue weighted by molar-refractivity contribution is 0.159. The van der Waals surface area contributed by atoms with Crippen LogP contribution in [0.5, 0.6) is 23.0 Å². The van der Waals surface area contributed by atoms with Crippen molar-refractivity contribution in [1.29, 1.82) is 0 Å². The van der Waals surface area contributed by atoms with Crippen LogP contribution in [0.2, 0.25) is 0 Å². The van der Waals surface area contributed by atoms with Gasteiger partial charge in [-0.1, -0.05) is 12.7 Å². The van der Waals surface area contributed by atoms with Crippen LogP contribution >= 0.6 is 0 Å². The Morgan fingerprint density at radius 1 is 1.15 bits per heavy atom. The van der Waals surface area contributed by atoms with Gasteiger partial charge in [0.2, 0.25) is 5.75 Å². The number of rotatable bonds is 6. The van der Waals surface area contributed by atoms with Crippen molar-refractivity contribution in [3.63, 3.8) is 0 Å². The predicted octanol–water partition coefficient (Wildman–Crippen LogP) is 4.50. The summed E-state index contributed by atoms with van der Waals surface area (Å²) < 4.78 is 24.0. The molecule has 0 amide bonds. The van der Waals surface area contributed by atoms with Gasteiger partial charge in [0.05, 0.1) is 11.7 Å². The van der Waals surface area contributed by atoms with Crippen LogP contribution in [0.15, 0.2) is 49.1 Å². The van der Waals surface area contributed by atoms with Crippen LogP contribution in [0.4, 0.5) is 5.69 Å². The zero-order valence-electron chi connectivity index (χ0n) is 15.4. The smallest absolute Gasteiger partial charge is 0.204 e. The number of anilines is 1. The molecule has 1 heterocycles. The maximum Gasteiger partial charge on any atom is 0.204 e. The van der Waals surface area contributed by atoms with Crippen molar-refractivity contribution in [1.82, 2.24) is 0 Å². The molecular weight excluding hydrogens is 342 g/mol. The molecule has 2 aliphatic rings. The lowest BCUT2D eigenvalue weighted by atomic mass is 10.0. The summed E-state index contributed by atoms with van der Waals surface area (Å²) in [4.78, 5) is 0. The summed E-state index contributed by atoms with van der Waals surface area (Å²) in [5.74, 6) is 3.34. The summed E-state index contributed by atoms with van der Waals surface area (Å²) in [6.07, 6.45) is 5.95. The number of aryl methyl sites for hydroxylation is 1. The fourth-order valence-electron chi connectivity index (χ4n) is 3.00. The minimum Gasteiger partial charge on any atom is -0.486 e. The molecule has 1 aliphatic carbocycles. The lowest BCUT2D eigenvalue weighted by Crippen LogP contribution is -2.18. The molecule has 0 saturated heterocycles. The summed E-state index contributed by atoms with van der Waals surface area (Å²) in [6, 6.07) is 9.25. The van der Waals surface area contributed by atoms with E-state index >= 15 is 0 Å². The summed E-state index contributed by atoms with van der Waals surface area (Å²) in [5, 5.41) is 0. The first-order valence-electron chi connectivity index (χ1n) is 9.12. The molecular formula is C22H23NO4. The number of hydrogen-bond donors (Lipinski definition) is 1. The number of ether oxygens (including phenoxy) is 4. The van der Waals surface area contributed by atoms with Crippen molar-refractivity contribution in [2.45, 2.75) is 25.9 Å². The van der Waals surface area contributed by atoms with E-state index in [2.05, 4.69) is 6.58 Å². The average molecular weight is 365 g/mol. The van der Waals surface area contributed by atoms with E-state index in [0.29, 0.717) is 41.9 Å². The highest BCUT2D eigenvalue weighted by Gasteiger charge is 2.30. The number of hydrogen-bond acceptors (Lipinski definition) is 5. The van der Waals surface area contributed by atoms with Gasteiger partial charge in [-0.2, -0.15) is 0 Å². The second kappa shape index (κ2) is 7.27. The molecule has 5 heteroatoms. The highest BCUT2D eigenvalue weighted by Crippen LogP contribution is 2.48. The molecule has 2 aromatic rings. The summed E-state index contributed by atoms with van der Waals surface area (Å²) >= 11 is 0. The Hall–Kier alpha value is -3.08. The highest BCUT2D eigenvalue weighted by molar-refractivity contribution is 5.76. The number of allylic oxidation sites excluding steroid dienone is 2. The zero-order valence-corrected chi connectivity index (χ0v) is 15.4. The van der Waals surface area contributed by atoms with Gasteiger partial charge in [0.15, 0.2) is 11.5 Å². The second-order valence-electron chi connectivity index (χ2n) is 6.68. The van der Waals surface area contributed by atoms with Crippen LogP contribution in [-0.2, 0) is 0 Å². The molecule has 140 valence electrons. The lowest BCUT2D eigenvalue weighted by Gasteiger charge is -2.26. The molecule has 0 spiro atoms. The number of nitrogen functional groups attached to an aromatic ring is 1. The third-order valence-corrected chi connectivity index (χ3v) is 4.42. The van der Waals surface area contributed by atoms with Crippen molar-refractivity contribution in [2.75, 3.05) is 18.9 Å². The molecule has 1 aliphatic heterocycles. The Morgan fingerprint density at radius 2 is 1.85 bits per heavy atom. The summed E-state index contributed by atoms with van der Waals surface area (Å²) in [7, 11) is 0. The molecule has 1 saturated carbocycles. The van der Waals surface area contributed by atoms with Crippen molar-refractivity contribution in [3.8, 4) is 23.0 Å². The molecule has 0 atom stereocenters. The molecule has 4 rings (SSSR count). The van der Waals surface area contributed by atoms with Gasteiger partial charge in [0.1, 0.15) is 24.7 Å². The second-order valence-corrected chi connectivity index (χ2v) is 6.68. The zero-order chi connectivity index (χ0) is 18.8. The fraction of sp³-hybridized carbons (Fsp3) is 0.273. The van der Waals surface area contributed by atoms with Gasteiger partial charge in [-0.25, -0.2) is 0 Å². The largest absolute Gasteiger partial charge is 0.486 e. The van der Waals surface area contributed by atoms with Gasteiger partial charge in [-0.05, 0) is 61.7 Å². The van der Waals surface area contributed by atoms with Crippen LogP contribution in [0.3, 0.4) is 0 Å². The van der Waals surface area contributed by atoms with Crippen LogP contribution in [0, 0.1) is 6.92 Å². The Morgan fingerprint density at radius 3 is 2.52 bits per heavy atom. The molecule has 0 bridgehead atoms. The monoisotopic (exact) mass is 365 g/mol. The van der Waals surface area contributed by atoms with E-state index in [-0.39, 0.29) is 6.10 Å². The van der Waals surface area contributed by atoms with Gasteiger partial charge in [0, 0.05) is 5.69 Å². The molecule has 0 unspecified atom stereocenters. The number of nitrogens with two attached hydrogens (primary N) is 1. The van der Waals surface area contributed by atoms with Crippen LogP contribution < -0.4 is 24.7 Å².